The maximum atomic E-state index is 12.8. The van der Waals surface area contributed by atoms with Gasteiger partial charge in [0.1, 0.15) is 0 Å². The van der Waals surface area contributed by atoms with Crippen LogP contribution in [-0.2, 0) is 9.59 Å². The van der Waals surface area contributed by atoms with Gasteiger partial charge in [-0.1, -0.05) is 76.2 Å². The van der Waals surface area contributed by atoms with Crippen LogP contribution < -0.4 is 21.7 Å². The lowest BCUT2D eigenvalue weighted by Crippen LogP contribution is -2.48. The third-order valence-electron chi connectivity index (χ3n) is 7.92. The molecular weight excluding hydrogens is 542 g/mol. The van der Waals surface area contributed by atoms with E-state index in [-0.39, 0.29) is 40.4 Å². The Morgan fingerprint density at radius 2 is 1.47 bits per heavy atom. The fourth-order valence-corrected chi connectivity index (χ4v) is 6.45. The topological polar surface area (TPSA) is 149 Å². The number of aliphatic hydroxyl groups is 2. The van der Waals surface area contributed by atoms with Crippen LogP contribution in [0.25, 0.3) is 0 Å². The molecule has 0 saturated heterocycles. The number of nitrogens with zero attached hydrogens (tertiary/aromatic N) is 1. The van der Waals surface area contributed by atoms with Crippen LogP contribution in [0.5, 0.6) is 0 Å². The van der Waals surface area contributed by atoms with E-state index in [4.69, 9.17) is 10.7 Å². The third kappa shape index (κ3) is 18.0. The molecule has 9 nitrogen and oxygen atoms in total. The molecule has 0 aromatic rings. The van der Waals surface area contributed by atoms with E-state index < -0.39 is 23.7 Å². The monoisotopic (exact) mass is 612 g/mol. The maximum absolute atomic E-state index is 12.8. The standard InChI is InChI=1S/C34H69N5O4/c1-14-36-18-17-30(4,5)20-33(10,11)29(35)38-23-32(8,9)21-34(12,13)39-26(41)16-15-25(40)27(42)28(43)37-22-31(6,7)19-24(2)3/h24-25,27,36,40,42H,14-23H2,1-13H3,(H2,35,38)(H,37,43)(H,39,41)/t25-,27+/m1/s1. The Labute approximate surface area is 264 Å². The molecule has 0 aromatic heterocycles. The van der Waals surface area contributed by atoms with Crippen LogP contribution in [-0.4, -0.2) is 71.8 Å². The Morgan fingerprint density at radius 1 is 0.884 bits per heavy atom. The van der Waals surface area contributed by atoms with Gasteiger partial charge in [-0.05, 0) is 81.2 Å². The molecule has 0 aliphatic rings. The zero-order valence-electron chi connectivity index (χ0n) is 30.0. The number of hydrogen-bond acceptors (Lipinski definition) is 6. The Morgan fingerprint density at radius 3 is 2.00 bits per heavy atom. The molecule has 254 valence electrons. The second-order valence-electron chi connectivity index (χ2n) is 16.8. The number of carbonyl (C=O) groups is 2. The number of carbonyl (C=O) groups excluding carboxylic acids is 2. The minimum absolute atomic E-state index is 0.00292. The van der Waals surface area contributed by atoms with E-state index in [0.717, 1.165) is 32.4 Å². The van der Waals surface area contributed by atoms with Gasteiger partial charge in [0.05, 0.1) is 11.9 Å². The van der Waals surface area contributed by atoms with Crippen molar-refractivity contribution in [2.45, 2.75) is 146 Å². The molecule has 9 heteroatoms. The zero-order valence-corrected chi connectivity index (χ0v) is 30.0. The fourth-order valence-electron chi connectivity index (χ4n) is 6.45. The van der Waals surface area contributed by atoms with E-state index in [1.165, 1.54) is 0 Å². The number of amides is 2. The van der Waals surface area contributed by atoms with Crippen LogP contribution in [0.15, 0.2) is 4.99 Å². The highest BCUT2D eigenvalue weighted by Crippen LogP contribution is 2.37. The van der Waals surface area contributed by atoms with Gasteiger partial charge in [0.15, 0.2) is 6.10 Å². The van der Waals surface area contributed by atoms with E-state index in [2.05, 4.69) is 92.1 Å². The van der Waals surface area contributed by atoms with Crippen molar-refractivity contribution in [3.05, 3.63) is 0 Å². The summed E-state index contributed by atoms with van der Waals surface area (Å²) in [6, 6.07) is 0. The summed E-state index contributed by atoms with van der Waals surface area (Å²) in [4.78, 5) is 30.0. The zero-order chi connectivity index (χ0) is 33.9. The summed E-state index contributed by atoms with van der Waals surface area (Å²) in [6.07, 6.45) is 0.654. The molecular formula is C34H69N5O4. The van der Waals surface area contributed by atoms with E-state index >= 15 is 0 Å². The molecule has 0 unspecified atom stereocenters. The van der Waals surface area contributed by atoms with Gasteiger partial charge in [-0.2, -0.15) is 0 Å². The van der Waals surface area contributed by atoms with Gasteiger partial charge in [0, 0.05) is 30.5 Å². The van der Waals surface area contributed by atoms with Crippen molar-refractivity contribution in [3.63, 3.8) is 0 Å². The van der Waals surface area contributed by atoms with Crippen LogP contribution >= 0.6 is 0 Å². The Hall–Kier alpha value is -1.71. The average Bonchev–Trinajstić information content (AvgIpc) is 2.81. The number of nitrogens with one attached hydrogen (secondary N) is 3. The quantitative estimate of drug-likeness (QED) is 0.0625. The lowest BCUT2D eigenvalue weighted by Gasteiger charge is -2.37. The van der Waals surface area contributed by atoms with Crippen LogP contribution in [0.2, 0.25) is 0 Å². The molecule has 43 heavy (non-hydrogen) atoms. The minimum atomic E-state index is -1.58. The predicted octanol–water partition coefficient (Wildman–Crippen LogP) is 4.79. The summed E-state index contributed by atoms with van der Waals surface area (Å²) in [5.41, 5.74) is 5.55. The number of amidine groups is 1. The highest BCUT2D eigenvalue weighted by atomic mass is 16.3. The van der Waals surface area contributed by atoms with Crippen molar-refractivity contribution in [2.24, 2.45) is 38.3 Å². The highest BCUT2D eigenvalue weighted by molar-refractivity contribution is 5.86. The fraction of sp³-hybridized carbons (Fsp3) is 0.912. The van der Waals surface area contributed by atoms with Gasteiger partial charge in [0.2, 0.25) is 5.91 Å². The van der Waals surface area contributed by atoms with E-state index in [1.807, 2.05) is 13.8 Å². The van der Waals surface area contributed by atoms with Gasteiger partial charge in [0.25, 0.3) is 5.91 Å². The number of nitrogens with two attached hydrogens (primary N) is 1. The largest absolute Gasteiger partial charge is 0.390 e. The van der Waals surface area contributed by atoms with Gasteiger partial charge < -0.3 is 31.9 Å². The first-order valence-corrected chi connectivity index (χ1v) is 16.3. The van der Waals surface area contributed by atoms with E-state index in [1.54, 1.807) is 0 Å². The summed E-state index contributed by atoms with van der Waals surface area (Å²) >= 11 is 0. The van der Waals surface area contributed by atoms with E-state index in [9.17, 15) is 19.8 Å². The lowest BCUT2D eigenvalue weighted by atomic mass is 9.72. The first-order chi connectivity index (χ1) is 19.3. The predicted molar refractivity (Wildman–Crippen MR) is 180 cm³/mol. The molecule has 7 N–H and O–H groups in total. The summed E-state index contributed by atoms with van der Waals surface area (Å²) in [6.45, 7) is 30.4. The summed E-state index contributed by atoms with van der Waals surface area (Å²) < 4.78 is 0. The van der Waals surface area contributed by atoms with Crippen LogP contribution in [0.4, 0.5) is 0 Å². The maximum Gasteiger partial charge on any atom is 0.251 e. The van der Waals surface area contributed by atoms with Gasteiger partial charge in [-0.25, -0.2) is 0 Å². The molecule has 2 amide bonds. The van der Waals surface area contributed by atoms with Crippen LogP contribution in [0.1, 0.15) is 129 Å². The van der Waals surface area contributed by atoms with Crippen molar-refractivity contribution < 1.29 is 19.8 Å². The van der Waals surface area contributed by atoms with Crippen molar-refractivity contribution in [2.75, 3.05) is 26.2 Å². The summed E-state index contributed by atoms with van der Waals surface area (Å²) in [5, 5.41) is 29.9. The van der Waals surface area contributed by atoms with Gasteiger partial charge >= 0.3 is 0 Å². The van der Waals surface area contributed by atoms with Crippen LogP contribution in [0, 0.1) is 27.6 Å². The molecule has 0 aliphatic heterocycles. The van der Waals surface area contributed by atoms with E-state index in [0.29, 0.717) is 31.3 Å². The number of hydrogen-bond donors (Lipinski definition) is 6. The molecule has 0 radical (unpaired) electrons. The Kier molecular flexibility index (Phi) is 16.4. The number of aliphatic hydroxyl groups excluding tert-OH is 2. The molecule has 0 bridgehead atoms. The Balaban J connectivity index is 4.93. The SMILES string of the molecule is CCNCCC(C)(C)CC(C)(C)C(N)=NCC(C)(C)CC(C)(C)NC(=O)CC[C@@H](O)[C@H](O)C(=O)NCC(C)(C)CC(C)C. The number of rotatable bonds is 21. The molecule has 0 saturated carbocycles. The summed E-state index contributed by atoms with van der Waals surface area (Å²) in [5.74, 6) is 0.273. The molecule has 0 aromatic carbocycles. The average molecular weight is 612 g/mol. The van der Waals surface area contributed by atoms with Crippen molar-refractivity contribution in [3.8, 4) is 0 Å². The lowest BCUT2D eigenvalue weighted by molar-refractivity contribution is -0.137. The second-order valence-corrected chi connectivity index (χ2v) is 16.8. The molecule has 0 fully saturated rings. The van der Waals surface area contributed by atoms with Gasteiger partial charge in [-0.15, -0.1) is 0 Å². The molecule has 0 rings (SSSR count). The smallest absolute Gasteiger partial charge is 0.251 e. The number of aliphatic imine (C=N–C) groups is 1. The Bertz CT molecular complexity index is 893. The van der Waals surface area contributed by atoms with Gasteiger partial charge in [-0.3, -0.25) is 14.6 Å². The van der Waals surface area contributed by atoms with Crippen molar-refractivity contribution in [1.82, 2.24) is 16.0 Å². The molecule has 2 atom stereocenters. The molecule has 0 spiro atoms. The second kappa shape index (κ2) is 17.1. The third-order valence-corrected chi connectivity index (χ3v) is 7.92. The van der Waals surface area contributed by atoms with Crippen molar-refractivity contribution >= 4 is 17.6 Å². The highest BCUT2D eigenvalue weighted by Gasteiger charge is 2.34. The molecule has 0 aliphatic carbocycles. The normalized spacial score (nSPS) is 15.4. The van der Waals surface area contributed by atoms with Crippen molar-refractivity contribution in [1.29, 1.82) is 0 Å². The molecule has 0 heterocycles. The van der Waals surface area contributed by atoms with Crippen LogP contribution in [0.3, 0.4) is 0 Å². The first kappa shape index (κ1) is 41.3. The minimum Gasteiger partial charge on any atom is -0.390 e. The summed E-state index contributed by atoms with van der Waals surface area (Å²) in [7, 11) is 0. The first-order valence-electron chi connectivity index (χ1n) is 16.3.